The van der Waals surface area contributed by atoms with Crippen molar-refractivity contribution in [2.24, 2.45) is 10.8 Å². The van der Waals surface area contributed by atoms with Crippen molar-refractivity contribution < 1.29 is 24.2 Å². The lowest BCUT2D eigenvalue weighted by Gasteiger charge is -2.40. The predicted molar refractivity (Wildman–Crippen MR) is 137 cm³/mol. The minimum Gasteiger partial charge on any atom is -0.497 e. The first kappa shape index (κ1) is 28.1. The number of aryl methyl sites for hydroxylation is 1. The molecule has 0 radical (unpaired) electrons. The lowest BCUT2D eigenvalue weighted by atomic mass is 9.62. The van der Waals surface area contributed by atoms with Gasteiger partial charge < -0.3 is 14.6 Å². The summed E-state index contributed by atoms with van der Waals surface area (Å²) >= 11 is 0. The fourth-order valence-corrected chi connectivity index (χ4v) is 5.40. The first-order valence-electron chi connectivity index (χ1n) is 12.4. The van der Waals surface area contributed by atoms with E-state index in [2.05, 4.69) is 13.0 Å². The molecule has 190 valence electrons. The third kappa shape index (κ3) is 6.71. The van der Waals surface area contributed by atoms with E-state index in [0.29, 0.717) is 32.1 Å². The molecule has 1 aliphatic rings. The summed E-state index contributed by atoms with van der Waals surface area (Å²) in [6.07, 6.45) is 6.98. The molecule has 5 heteroatoms. The lowest BCUT2D eigenvalue weighted by molar-refractivity contribution is -0.136. The summed E-state index contributed by atoms with van der Waals surface area (Å²) in [5.41, 5.74) is 1.35. The van der Waals surface area contributed by atoms with Crippen molar-refractivity contribution in [2.45, 2.75) is 98.5 Å². The largest absolute Gasteiger partial charge is 0.497 e. The molecule has 0 bridgehead atoms. The fraction of sp³-hybridized carbons (Fsp3) is 0.655. The summed E-state index contributed by atoms with van der Waals surface area (Å²) in [6.45, 7) is 11.6. The molecule has 1 aromatic carbocycles. The topological polar surface area (TPSA) is 72.8 Å². The molecule has 5 nitrogen and oxygen atoms in total. The Bertz CT molecular complexity index is 923. The zero-order chi connectivity index (χ0) is 25.7. The Kier molecular flexibility index (Phi) is 9.15. The maximum absolute atomic E-state index is 13.2. The third-order valence-corrected chi connectivity index (χ3v) is 7.82. The van der Waals surface area contributed by atoms with Crippen LogP contribution in [0.25, 0.3) is 0 Å². The predicted octanol–water partition coefficient (Wildman–Crippen LogP) is 6.17. The van der Waals surface area contributed by atoms with Gasteiger partial charge in [0.2, 0.25) is 0 Å². The van der Waals surface area contributed by atoms with E-state index in [-0.39, 0.29) is 17.0 Å². The molecule has 0 spiro atoms. The van der Waals surface area contributed by atoms with Gasteiger partial charge in [-0.3, -0.25) is 9.59 Å². The van der Waals surface area contributed by atoms with E-state index < -0.39 is 11.0 Å². The maximum atomic E-state index is 13.2. The van der Waals surface area contributed by atoms with Crippen LogP contribution in [0.4, 0.5) is 0 Å². The molecule has 34 heavy (non-hydrogen) atoms. The molecular formula is C29H44O5. The Morgan fingerprint density at radius 2 is 1.82 bits per heavy atom. The summed E-state index contributed by atoms with van der Waals surface area (Å²) in [5, 5.41) is 10.1. The van der Waals surface area contributed by atoms with Gasteiger partial charge in [-0.1, -0.05) is 31.9 Å². The number of benzene rings is 1. The molecule has 2 atom stereocenters. The molecule has 1 aromatic rings. The number of ether oxygens (including phenoxy) is 2. The number of carbonyl (C=O) groups excluding carboxylic acids is 2. The lowest BCUT2D eigenvalue weighted by Crippen LogP contribution is -2.41. The van der Waals surface area contributed by atoms with Crippen LogP contribution in [0.3, 0.4) is 0 Å². The normalized spacial score (nSPS) is 23.1. The number of Topliss-reactive ketones (excluding diaryl/α,β-unsaturated/α-hetero) is 2. The SMILES string of the molecule is COc1cc(C)c(OC)c(CC=C(C)CC(=O)C[C@@]2(C)CCC[C@@]2(C)C(=O)CCC(C)(C)O)c1. The minimum absolute atomic E-state index is 0.174. The van der Waals surface area contributed by atoms with Crippen LogP contribution >= 0.6 is 0 Å². The standard InChI is InChI=1S/C29H44O5/c1-20(10-11-22-18-24(33-7)17-21(2)26(22)34-8)16-23(30)19-28(5)13-9-14-29(28,6)25(31)12-15-27(3,4)32/h10,17-18,32H,9,11-16,19H2,1-8H3/t28-,29+/m1/s1. The molecule has 1 fully saturated rings. The number of methoxy groups -OCH3 is 2. The van der Waals surface area contributed by atoms with Gasteiger partial charge in [0.15, 0.2) is 0 Å². The Labute approximate surface area is 205 Å². The average molecular weight is 473 g/mol. The number of allylic oxidation sites excluding steroid dienone is 2. The van der Waals surface area contributed by atoms with Crippen LogP contribution in [0.2, 0.25) is 0 Å². The van der Waals surface area contributed by atoms with Crippen molar-refractivity contribution in [1.29, 1.82) is 0 Å². The van der Waals surface area contributed by atoms with Gasteiger partial charge in [-0.15, -0.1) is 0 Å². The molecule has 0 saturated heterocycles. The average Bonchev–Trinajstić information content (AvgIpc) is 3.04. The second kappa shape index (κ2) is 11.1. The van der Waals surface area contributed by atoms with Crippen LogP contribution in [0.1, 0.15) is 90.7 Å². The summed E-state index contributed by atoms with van der Waals surface area (Å²) in [7, 11) is 3.32. The van der Waals surface area contributed by atoms with Gasteiger partial charge in [0, 0.05) is 30.2 Å². The summed E-state index contributed by atoms with van der Waals surface area (Å²) in [4.78, 5) is 26.3. The zero-order valence-corrected chi connectivity index (χ0v) is 22.5. The number of hydrogen-bond acceptors (Lipinski definition) is 5. The van der Waals surface area contributed by atoms with Crippen LogP contribution in [0, 0.1) is 17.8 Å². The fourth-order valence-electron chi connectivity index (χ4n) is 5.40. The van der Waals surface area contributed by atoms with E-state index in [1.54, 1.807) is 28.1 Å². The number of carbonyl (C=O) groups is 2. The van der Waals surface area contributed by atoms with Crippen molar-refractivity contribution in [1.82, 2.24) is 0 Å². The highest BCUT2D eigenvalue weighted by atomic mass is 16.5. The van der Waals surface area contributed by atoms with Crippen molar-refractivity contribution in [3.05, 3.63) is 34.9 Å². The molecule has 1 aliphatic carbocycles. The number of aliphatic hydroxyl groups is 1. The molecule has 0 unspecified atom stereocenters. The molecule has 1 N–H and O–H groups in total. The molecule has 1 saturated carbocycles. The van der Waals surface area contributed by atoms with E-state index in [0.717, 1.165) is 47.5 Å². The highest BCUT2D eigenvalue weighted by Gasteiger charge is 2.53. The quantitative estimate of drug-likeness (QED) is 0.368. The second-order valence-electron chi connectivity index (χ2n) is 11.3. The molecule has 0 heterocycles. The first-order valence-corrected chi connectivity index (χ1v) is 12.4. The van der Waals surface area contributed by atoms with Gasteiger partial charge in [-0.25, -0.2) is 0 Å². The smallest absolute Gasteiger partial charge is 0.139 e. The molecule has 0 aliphatic heterocycles. The highest BCUT2D eigenvalue weighted by Crippen LogP contribution is 2.56. The van der Waals surface area contributed by atoms with Crippen LogP contribution in [-0.4, -0.2) is 36.5 Å². The minimum atomic E-state index is -0.858. The van der Waals surface area contributed by atoms with Crippen LogP contribution < -0.4 is 9.47 Å². The van der Waals surface area contributed by atoms with Gasteiger partial charge in [0.05, 0.1) is 19.8 Å². The van der Waals surface area contributed by atoms with Crippen molar-refractivity contribution >= 4 is 11.6 Å². The van der Waals surface area contributed by atoms with E-state index in [4.69, 9.17) is 9.47 Å². The van der Waals surface area contributed by atoms with Crippen LogP contribution in [0.5, 0.6) is 11.5 Å². The van der Waals surface area contributed by atoms with Gasteiger partial charge >= 0.3 is 0 Å². The van der Waals surface area contributed by atoms with Crippen molar-refractivity contribution in [3.63, 3.8) is 0 Å². The van der Waals surface area contributed by atoms with E-state index in [9.17, 15) is 14.7 Å². The Balaban J connectivity index is 2.07. The number of hydrogen-bond donors (Lipinski definition) is 1. The highest BCUT2D eigenvalue weighted by molar-refractivity contribution is 5.88. The first-order chi connectivity index (χ1) is 15.7. The summed E-state index contributed by atoms with van der Waals surface area (Å²) < 4.78 is 11.0. The van der Waals surface area contributed by atoms with E-state index in [1.165, 1.54) is 0 Å². The Hall–Kier alpha value is -2.14. The maximum Gasteiger partial charge on any atom is 0.139 e. The number of ketones is 2. The third-order valence-electron chi connectivity index (χ3n) is 7.82. The molecular weight excluding hydrogens is 428 g/mol. The van der Waals surface area contributed by atoms with Gasteiger partial charge in [-0.05, 0) is 76.5 Å². The Morgan fingerprint density at radius 1 is 1.15 bits per heavy atom. The zero-order valence-electron chi connectivity index (χ0n) is 22.5. The monoisotopic (exact) mass is 472 g/mol. The van der Waals surface area contributed by atoms with Crippen molar-refractivity contribution in [2.75, 3.05) is 14.2 Å². The van der Waals surface area contributed by atoms with Gasteiger partial charge in [-0.2, -0.15) is 0 Å². The van der Waals surface area contributed by atoms with E-state index in [1.807, 2.05) is 32.9 Å². The second-order valence-corrected chi connectivity index (χ2v) is 11.3. The summed E-state index contributed by atoms with van der Waals surface area (Å²) in [5.74, 6) is 1.98. The van der Waals surface area contributed by atoms with Gasteiger partial charge in [0.1, 0.15) is 23.1 Å². The number of rotatable bonds is 12. The molecule has 2 rings (SSSR count). The molecule has 0 aromatic heterocycles. The Morgan fingerprint density at radius 3 is 2.41 bits per heavy atom. The van der Waals surface area contributed by atoms with E-state index >= 15 is 0 Å². The van der Waals surface area contributed by atoms with Crippen LogP contribution in [0.15, 0.2) is 23.8 Å². The summed E-state index contributed by atoms with van der Waals surface area (Å²) in [6, 6.07) is 3.92. The van der Waals surface area contributed by atoms with Crippen LogP contribution in [-0.2, 0) is 16.0 Å². The van der Waals surface area contributed by atoms with Crippen molar-refractivity contribution in [3.8, 4) is 11.5 Å². The molecule has 0 amide bonds. The van der Waals surface area contributed by atoms with Gasteiger partial charge in [0.25, 0.3) is 0 Å².